The number of carbonyl (C=O) groups excluding carboxylic acids is 2. The summed E-state index contributed by atoms with van der Waals surface area (Å²) in [6, 6.07) is 10.6. The predicted octanol–water partition coefficient (Wildman–Crippen LogP) is 2.77. The van der Waals surface area contributed by atoms with Gasteiger partial charge in [-0.15, -0.1) is 0 Å². The van der Waals surface area contributed by atoms with E-state index in [0.717, 1.165) is 12.8 Å². The van der Waals surface area contributed by atoms with Gasteiger partial charge in [0.1, 0.15) is 16.9 Å². The summed E-state index contributed by atoms with van der Waals surface area (Å²) in [5.41, 5.74) is 2.33. The second-order valence-electron chi connectivity index (χ2n) is 7.13. The van der Waals surface area contributed by atoms with E-state index in [0.29, 0.717) is 41.9 Å². The average Bonchev–Trinajstić information content (AvgIpc) is 3.20. The molecule has 1 unspecified atom stereocenters. The third kappa shape index (κ3) is 4.50. The van der Waals surface area contributed by atoms with Crippen molar-refractivity contribution in [1.82, 2.24) is 25.6 Å². The van der Waals surface area contributed by atoms with Crippen LogP contribution >= 0.6 is 0 Å². The molecule has 0 bridgehead atoms. The number of halogens is 1. The standard InChI is InChI=1S/C20H21FN6O2/c21-15-4-1-5-16(10-15)23-20(29)22-11-13-3-2-8-27(12-13)19(28)14-6-7-17-18(9-14)25-26-24-17/h1,4-7,9-10,13H,2-3,8,11-12H2,(H2,22,23,29)(H,24,25,26). The van der Waals surface area contributed by atoms with Crippen LogP contribution in [0, 0.1) is 11.7 Å². The van der Waals surface area contributed by atoms with Crippen LogP contribution in [-0.2, 0) is 0 Å². The number of anilines is 1. The van der Waals surface area contributed by atoms with Gasteiger partial charge in [0.25, 0.3) is 5.91 Å². The van der Waals surface area contributed by atoms with Gasteiger partial charge in [-0.05, 0) is 55.2 Å². The number of urea groups is 1. The molecule has 1 aliphatic heterocycles. The largest absolute Gasteiger partial charge is 0.338 e. The topological polar surface area (TPSA) is 103 Å². The van der Waals surface area contributed by atoms with E-state index in [1.807, 2.05) is 4.90 Å². The fourth-order valence-corrected chi connectivity index (χ4v) is 3.55. The molecule has 0 radical (unpaired) electrons. The van der Waals surface area contributed by atoms with Crippen molar-refractivity contribution in [1.29, 1.82) is 0 Å². The number of aromatic nitrogens is 3. The smallest absolute Gasteiger partial charge is 0.319 e. The van der Waals surface area contributed by atoms with E-state index in [2.05, 4.69) is 26.0 Å². The van der Waals surface area contributed by atoms with E-state index in [9.17, 15) is 14.0 Å². The molecule has 9 heteroatoms. The lowest BCUT2D eigenvalue weighted by molar-refractivity contribution is 0.0675. The van der Waals surface area contributed by atoms with Gasteiger partial charge < -0.3 is 15.5 Å². The van der Waals surface area contributed by atoms with Crippen molar-refractivity contribution in [3.05, 3.63) is 53.8 Å². The number of likely N-dealkylation sites (tertiary alicyclic amines) is 1. The maximum atomic E-state index is 13.2. The summed E-state index contributed by atoms with van der Waals surface area (Å²) < 4.78 is 13.2. The SMILES string of the molecule is O=C(NCC1CCCN(C(=O)c2ccc3n[nH]nc3c2)C1)Nc1cccc(F)c1. The lowest BCUT2D eigenvalue weighted by Crippen LogP contribution is -2.44. The van der Waals surface area contributed by atoms with Crippen LogP contribution < -0.4 is 10.6 Å². The monoisotopic (exact) mass is 396 g/mol. The van der Waals surface area contributed by atoms with Crippen molar-refractivity contribution in [3.8, 4) is 0 Å². The molecule has 2 heterocycles. The highest BCUT2D eigenvalue weighted by atomic mass is 19.1. The quantitative estimate of drug-likeness (QED) is 0.631. The number of piperidine rings is 1. The Labute approximate surface area is 166 Å². The second kappa shape index (κ2) is 8.26. The van der Waals surface area contributed by atoms with Crippen molar-refractivity contribution >= 4 is 28.7 Å². The first-order valence-corrected chi connectivity index (χ1v) is 9.49. The Morgan fingerprint density at radius 1 is 1.17 bits per heavy atom. The van der Waals surface area contributed by atoms with Crippen LogP contribution in [0.5, 0.6) is 0 Å². The third-order valence-corrected chi connectivity index (χ3v) is 5.00. The first kappa shape index (κ1) is 18.9. The van der Waals surface area contributed by atoms with Crippen LogP contribution in [0.1, 0.15) is 23.2 Å². The van der Waals surface area contributed by atoms with E-state index in [4.69, 9.17) is 0 Å². The van der Waals surface area contributed by atoms with Gasteiger partial charge in [0, 0.05) is 30.9 Å². The molecule has 1 fully saturated rings. The summed E-state index contributed by atoms with van der Waals surface area (Å²) in [7, 11) is 0. The van der Waals surface area contributed by atoms with Crippen LogP contribution in [0.3, 0.4) is 0 Å². The summed E-state index contributed by atoms with van der Waals surface area (Å²) in [5, 5.41) is 16.0. The predicted molar refractivity (Wildman–Crippen MR) is 106 cm³/mol. The summed E-state index contributed by atoms with van der Waals surface area (Å²) >= 11 is 0. The number of aromatic amines is 1. The Balaban J connectivity index is 1.32. The van der Waals surface area contributed by atoms with Gasteiger partial charge in [-0.2, -0.15) is 15.4 Å². The van der Waals surface area contributed by atoms with Crippen molar-refractivity contribution in [2.45, 2.75) is 12.8 Å². The lowest BCUT2D eigenvalue weighted by Gasteiger charge is -2.33. The van der Waals surface area contributed by atoms with Crippen molar-refractivity contribution in [2.75, 3.05) is 25.0 Å². The van der Waals surface area contributed by atoms with Gasteiger partial charge in [0.2, 0.25) is 0 Å². The zero-order chi connectivity index (χ0) is 20.2. The average molecular weight is 396 g/mol. The van der Waals surface area contributed by atoms with Crippen LogP contribution in [-0.4, -0.2) is 51.9 Å². The molecule has 1 aromatic heterocycles. The molecule has 8 nitrogen and oxygen atoms in total. The van der Waals surface area contributed by atoms with Crippen LogP contribution in [0.4, 0.5) is 14.9 Å². The molecule has 0 spiro atoms. The Bertz CT molecular complexity index is 1040. The molecule has 4 rings (SSSR count). The number of hydrogen-bond donors (Lipinski definition) is 3. The molecule has 3 amide bonds. The highest BCUT2D eigenvalue weighted by molar-refractivity contribution is 5.97. The van der Waals surface area contributed by atoms with Gasteiger partial charge in [-0.1, -0.05) is 6.07 Å². The van der Waals surface area contributed by atoms with Gasteiger partial charge >= 0.3 is 6.03 Å². The zero-order valence-electron chi connectivity index (χ0n) is 15.7. The number of carbonyl (C=O) groups is 2. The molecule has 1 atom stereocenters. The van der Waals surface area contributed by atoms with Gasteiger partial charge in [-0.3, -0.25) is 4.79 Å². The van der Waals surface area contributed by atoms with E-state index >= 15 is 0 Å². The van der Waals surface area contributed by atoms with Crippen molar-refractivity contribution < 1.29 is 14.0 Å². The van der Waals surface area contributed by atoms with E-state index in [1.165, 1.54) is 18.2 Å². The molecule has 1 saturated heterocycles. The maximum absolute atomic E-state index is 13.2. The summed E-state index contributed by atoms with van der Waals surface area (Å²) in [5.74, 6) is -0.307. The Morgan fingerprint density at radius 2 is 2.03 bits per heavy atom. The zero-order valence-corrected chi connectivity index (χ0v) is 15.7. The second-order valence-corrected chi connectivity index (χ2v) is 7.13. The fraction of sp³-hybridized carbons (Fsp3) is 0.300. The molecular formula is C20H21FN6O2. The Morgan fingerprint density at radius 3 is 2.90 bits per heavy atom. The molecule has 1 aliphatic rings. The molecule has 3 N–H and O–H groups in total. The minimum atomic E-state index is -0.409. The molecule has 0 aliphatic carbocycles. The minimum Gasteiger partial charge on any atom is -0.338 e. The minimum absolute atomic E-state index is 0.0520. The molecular weight excluding hydrogens is 375 g/mol. The molecule has 29 heavy (non-hydrogen) atoms. The number of rotatable bonds is 4. The first-order chi connectivity index (χ1) is 14.1. The summed E-state index contributed by atoms with van der Waals surface area (Å²) in [4.78, 5) is 26.7. The first-order valence-electron chi connectivity index (χ1n) is 9.49. The highest BCUT2D eigenvalue weighted by Crippen LogP contribution is 2.20. The Kier molecular flexibility index (Phi) is 5.37. The van der Waals surface area contributed by atoms with Gasteiger partial charge in [0.05, 0.1) is 0 Å². The van der Waals surface area contributed by atoms with E-state index in [-0.39, 0.29) is 11.8 Å². The number of fused-ring (bicyclic) bond motifs is 1. The number of nitrogens with one attached hydrogen (secondary N) is 3. The highest BCUT2D eigenvalue weighted by Gasteiger charge is 2.25. The van der Waals surface area contributed by atoms with Crippen LogP contribution in [0.15, 0.2) is 42.5 Å². The van der Waals surface area contributed by atoms with Gasteiger partial charge in [-0.25, -0.2) is 9.18 Å². The maximum Gasteiger partial charge on any atom is 0.319 e. The number of hydrogen-bond acceptors (Lipinski definition) is 4. The normalized spacial score (nSPS) is 16.6. The van der Waals surface area contributed by atoms with Crippen LogP contribution in [0.25, 0.3) is 11.0 Å². The molecule has 2 aromatic carbocycles. The molecule has 3 aromatic rings. The number of benzene rings is 2. The van der Waals surface area contributed by atoms with Crippen LogP contribution in [0.2, 0.25) is 0 Å². The van der Waals surface area contributed by atoms with Gasteiger partial charge in [0.15, 0.2) is 0 Å². The number of H-pyrrole nitrogens is 1. The fourth-order valence-electron chi connectivity index (χ4n) is 3.55. The van der Waals surface area contributed by atoms with Crippen molar-refractivity contribution in [2.24, 2.45) is 5.92 Å². The lowest BCUT2D eigenvalue weighted by atomic mass is 9.97. The van der Waals surface area contributed by atoms with E-state index in [1.54, 1.807) is 24.3 Å². The summed E-state index contributed by atoms with van der Waals surface area (Å²) in [6.07, 6.45) is 1.79. The summed E-state index contributed by atoms with van der Waals surface area (Å²) in [6.45, 7) is 1.69. The van der Waals surface area contributed by atoms with E-state index < -0.39 is 11.8 Å². The number of nitrogens with zero attached hydrogens (tertiary/aromatic N) is 3. The Hall–Kier alpha value is -3.49. The van der Waals surface area contributed by atoms with Crippen molar-refractivity contribution in [3.63, 3.8) is 0 Å². The number of amides is 3. The third-order valence-electron chi connectivity index (χ3n) is 5.00. The molecule has 150 valence electrons. The molecule has 0 saturated carbocycles.